The van der Waals surface area contributed by atoms with Crippen LogP contribution >= 0.6 is 27.5 Å². The van der Waals surface area contributed by atoms with E-state index in [1.807, 2.05) is 25.1 Å². The van der Waals surface area contributed by atoms with Crippen LogP contribution in [0.15, 0.2) is 46.9 Å². The summed E-state index contributed by atoms with van der Waals surface area (Å²) in [6.07, 6.45) is 0. The molecule has 3 nitrogen and oxygen atoms in total. The predicted octanol–water partition coefficient (Wildman–Crippen LogP) is 4.46. The van der Waals surface area contributed by atoms with Crippen LogP contribution in [0.2, 0.25) is 5.02 Å². The normalized spacial score (nSPS) is 10.2. The first-order chi connectivity index (χ1) is 9.54. The fourth-order valence-electron chi connectivity index (χ4n) is 1.71. The molecule has 2 rings (SSSR count). The molecular formula is C15H14BrClN2O. The maximum atomic E-state index is 11.8. The zero-order valence-corrected chi connectivity index (χ0v) is 13.3. The third-order valence-electron chi connectivity index (χ3n) is 2.72. The van der Waals surface area contributed by atoms with Crippen molar-refractivity contribution in [1.29, 1.82) is 0 Å². The van der Waals surface area contributed by atoms with Crippen molar-refractivity contribution in [2.45, 2.75) is 6.92 Å². The van der Waals surface area contributed by atoms with Crippen molar-refractivity contribution >= 4 is 44.8 Å². The van der Waals surface area contributed by atoms with Crippen LogP contribution < -0.4 is 10.6 Å². The van der Waals surface area contributed by atoms with Gasteiger partial charge in [0.2, 0.25) is 5.91 Å². The van der Waals surface area contributed by atoms with Gasteiger partial charge in [0.25, 0.3) is 0 Å². The molecule has 0 aliphatic carbocycles. The molecule has 104 valence electrons. The number of hydrogen-bond acceptors (Lipinski definition) is 2. The maximum Gasteiger partial charge on any atom is 0.243 e. The van der Waals surface area contributed by atoms with Gasteiger partial charge in [-0.3, -0.25) is 4.79 Å². The Morgan fingerprint density at radius 3 is 2.70 bits per heavy atom. The zero-order chi connectivity index (χ0) is 14.5. The second-order valence-electron chi connectivity index (χ2n) is 4.38. The molecule has 0 radical (unpaired) electrons. The summed E-state index contributed by atoms with van der Waals surface area (Å²) < 4.78 is 1.05. The van der Waals surface area contributed by atoms with Gasteiger partial charge in [-0.25, -0.2) is 0 Å². The van der Waals surface area contributed by atoms with Crippen LogP contribution in [-0.2, 0) is 4.79 Å². The van der Waals surface area contributed by atoms with Gasteiger partial charge < -0.3 is 10.6 Å². The van der Waals surface area contributed by atoms with Crippen molar-refractivity contribution < 1.29 is 4.79 Å². The van der Waals surface area contributed by atoms with Gasteiger partial charge in [-0.1, -0.05) is 33.6 Å². The van der Waals surface area contributed by atoms with Crippen LogP contribution in [0.3, 0.4) is 0 Å². The molecule has 20 heavy (non-hydrogen) atoms. The highest BCUT2D eigenvalue weighted by Crippen LogP contribution is 2.20. The summed E-state index contributed by atoms with van der Waals surface area (Å²) in [5.41, 5.74) is 2.72. The van der Waals surface area contributed by atoms with E-state index in [1.165, 1.54) is 0 Å². The Labute approximate surface area is 131 Å². The molecule has 0 atom stereocenters. The monoisotopic (exact) mass is 352 g/mol. The van der Waals surface area contributed by atoms with Gasteiger partial charge in [-0.15, -0.1) is 0 Å². The van der Waals surface area contributed by atoms with Crippen LogP contribution in [0.1, 0.15) is 5.56 Å². The average molecular weight is 354 g/mol. The Bertz CT molecular complexity index is 631. The second kappa shape index (κ2) is 6.77. The number of aryl methyl sites for hydroxylation is 1. The lowest BCUT2D eigenvalue weighted by Crippen LogP contribution is -2.21. The maximum absolute atomic E-state index is 11.8. The van der Waals surface area contributed by atoms with Crippen molar-refractivity contribution in [1.82, 2.24) is 0 Å². The number of benzene rings is 2. The second-order valence-corrected chi connectivity index (χ2v) is 5.67. The van der Waals surface area contributed by atoms with Crippen molar-refractivity contribution in [3.05, 3.63) is 57.5 Å². The highest BCUT2D eigenvalue weighted by Gasteiger charge is 2.03. The van der Waals surface area contributed by atoms with Gasteiger partial charge >= 0.3 is 0 Å². The summed E-state index contributed by atoms with van der Waals surface area (Å²) >= 11 is 9.30. The largest absolute Gasteiger partial charge is 0.376 e. The molecular weight excluding hydrogens is 340 g/mol. The van der Waals surface area contributed by atoms with Gasteiger partial charge in [0.1, 0.15) is 0 Å². The van der Waals surface area contributed by atoms with Crippen LogP contribution in [-0.4, -0.2) is 12.5 Å². The number of hydrogen-bond donors (Lipinski definition) is 2. The lowest BCUT2D eigenvalue weighted by atomic mass is 10.2. The van der Waals surface area contributed by atoms with E-state index < -0.39 is 0 Å². The molecule has 0 unspecified atom stereocenters. The Morgan fingerprint density at radius 1 is 1.20 bits per heavy atom. The van der Waals surface area contributed by atoms with E-state index in [0.29, 0.717) is 10.7 Å². The molecule has 0 aromatic heterocycles. The van der Waals surface area contributed by atoms with E-state index in [-0.39, 0.29) is 12.5 Å². The van der Waals surface area contributed by atoms with E-state index >= 15 is 0 Å². The molecule has 2 aromatic carbocycles. The number of amides is 1. The summed E-state index contributed by atoms with van der Waals surface area (Å²) in [6.45, 7) is 2.20. The Balaban J connectivity index is 1.90. The number of nitrogens with one attached hydrogen (secondary N) is 2. The van der Waals surface area contributed by atoms with Gasteiger partial charge in [0.15, 0.2) is 0 Å². The Morgan fingerprint density at radius 2 is 2.00 bits per heavy atom. The molecule has 0 saturated heterocycles. The van der Waals surface area contributed by atoms with Crippen LogP contribution in [0.25, 0.3) is 0 Å². The number of rotatable bonds is 4. The number of carbonyl (C=O) groups excluding carboxylic acids is 1. The standard InChI is InChI=1S/C15H14BrClN2O/c1-10-7-12(5-6-14(10)16)18-9-15(20)19-13-4-2-3-11(17)8-13/h2-8,18H,9H2,1H3,(H,19,20). The first-order valence-corrected chi connectivity index (χ1v) is 7.27. The van der Waals surface area contributed by atoms with Crippen LogP contribution in [0.5, 0.6) is 0 Å². The number of halogens is 2. The minimum atomic E-state index is -0.118. The van der Waals surface area contributed by atoms with E-state index in [4.69, 9.17) is 11.6 Å². The zero-order valence-electron chi connectivity index (χ0n) is 10.9. The lowest BCUT2D eigenvalue weighted by molar-refractivity contribution is -0.114. The lowest BCUT2D eigenvalue weighted by Gasteiger charge is -2.09. The molecule has 2 aromatic rings. The fourth-order valence-corrected chi connectivity index (χ4v) is 2.15. The van der Waals surface area contributed by atoms with Gasteiger partial charge in [0.05, 0.1) is 6.54 Å². The topological polar surface area (TPSA) is 41.1 Å². The Hall–Kier alpha value is -1.52. The minimum Gasteiger partial charge on any atom is -0.376 e. The number of anilines is 2. The third kappa shape index (κ3) is 4.25. The Kier molecular flexibility index (Phi) is 5.04. The van der Waals surface area contributed by atoms with Crippen LogP contribution in [0, 0.1) is 6.92 Å². The molecule has 0 aliphatic rings. The first kappa shape index (κ1) is 14.9. The highest BCUT2D eigenvalue weighted by atomic mass is 79.9. The average Bonchev–Trinajstić information content (AvgIpc) is 2.40. The number of carbonyl (C=O) groups is 1. The summed E-state index contributed by atoms with van der Waals surface area (Å²) in [6, 6.07) is 12.9. The molecule has 0 fully saturated rings. The highest BCUT2D eigenvalue weighted by molar-refractivity contribution is 9.10. The van der Waals surface area contributed by atoms with Crippen molar-refractivity contribution in [3.63, 3.8) is 0 Å². The molecule has 5 heteroatoms. The quantitative estimate of drug-likeness (QED) is 0.852. The molecule has 0 saturated carbocycles. The smallest absolute Gasteiger partial charge is 0.243 e. The molecule has 2 N–H and O–H groups in total. The van der Waals surface area contributed by atoms with Gasteiger partial charge in [-0.2, -0.15) is 0 Å². The van der Waals surface area contributed by atoms with Gasteiger partial charge in [0, 0.05) is 20.9 Å². The minimum absolute atomic E-state index is 0.118. The summed E-state index contributed by atoms with van der Waals surface area (Å²) in [4.78, 5) is 11.8. The molecule has 0 heterocycles. The van der Waals surface area contributed by atoms with Gasteiger partial charge in [-0.05, 0) is 48.9 Å². The summed E-state index contributed by atoms with van der Waals surface area (Å²) in [7, 11) is 0. The summed E-state index contributed by atoms with van der Waals surface area (Å²) in [5, 5.41) is 6.46. The predicted molar refractivity (Wildman–Crippen MR) is 87.5 cm³/mol. The molecule has 0 aliphatic heterocycles. The molecule has 0 spiro atoms. The SMILES string of the molecule is Cc1cc(NCC(=O)Nc2cccc(Cl)c2)ccc1Br. The fraction of sp³-hybridized carbons (Fsp3) is 0.133. The van der Waals surface area contributed by atoms with Crippen molar-refractivity contribution in [2.75, 3.05) is 17.2 Å². The van der Waals surface area contributed by atoms with E-state index in [9.17, 15) is 4.79 Å². The first-order valence-electron chi connectivity index (χ1n) is 6.10. The van der Waals surface area contributed by atoms with Crippen LogP contribution in [0.4, 0.5) is 11.4 Å². The molecule has 1 amide bonds. The van der Waals surface area contributed by atoms with Crippen molar-refractivity contribution in [2.24, 2.45) is 0 Å². The summed E-state index contributed by atoms with van der Waals surface area (Å²) in [5.74, 6) is -0.118. The van der Waals surface area contributed by atoms with E-state index in [2.05, 4.69) is 26.6 Å². The third-order valence-corrected chi connectivity index (χ3v) is 3.84. The van der Waals surface area contributed by atoms with E-state index in [1.54, 1.807) is 24.3 Å². The van der Waals surface area contributed by atoms with Crippen molar-refractivity contribution in [3.8, 4) is 0 Å². The molecule has 0 bridgehead atoms. The van der Waals surface area contributed by atoms with E-state index in [0.717, 1.165) is 15.7 Å².